The molecule has 1 heterocycles. The van der Waals surface area contributed by atoms with Crippen molar-refractivity contribution >= 4 is 15.9 Å². The number of hydrogen-bond donors (Lipinski definition) is 0. The highest BCUT2D eigenvalue weighted by Crippen LogP contribution is 2.30. The molecule has 0 unspecified atom stereocenters. The van der Waals surface area contributed by atoms with E-state index in [1.54, 1.807) is 18.3 Å². The number of nitrogens with zero attached hydrogens (tertiary/aromatic N) is 2. The van der Waals surface area contributed by atoms with Crippen LogP contribution in [0.5, 0.6) is 0 Å². The van der Waals surface area contributed by atoms with Gasteiger partial charge in [-0.15, -0.1) is 0 Å². The fourth-order valence-electron chi connectivity index (χ4n) is 2.20. The highest BCUT2D eigenvalue weighted by Gasteiger charge is 2.30. The molecule has 2 aromatic carbocycles. The number of aryl methyl sites for hydroxylation is 1. The van der Waals surface area contributed by atoms with Crippen LogP contribution in [0.15, 0.2) is 59.2 Å². The molecule has 2 nitrogen and oxygen atoms in total. The van der Waals surface area contributed by atoms with Crippen molar-refractivity contribution in [2.45, 2.75) is 13.1 Å². The van der Waals surface area contributed by atoms with Crippen molar-refractivity contribution in [1.82, 2.24) is 9.78 Å². The topological polar surface area (TPSA) is 17.8 Å². The molecular weight excluding hydrogens is 369 g/mol. The highest BCUT2D eigenvalue weighted by molar-refractivity contribution is 9.10. The number of alkyl halides is 3. The molecule has 0 bridgehead atoms. The van der Waals surface area contributed by atoms with Crippen LogP contribution in [0, 0.1) is 6.92 Å². The molecule has 0 aliphatic rings. The number of halogens is 4. The Hall–Kier alpha value is -2.08. The van der Waals surface area contributed by atoms with E-state index >= 15 is 0 Å². The summed E-state index contributed by atoms with van der Waals surface area (Å²) in [6.07, 6.45) is -2.72. The third-order valence-electron chi connectivity index (χ3n) is 3.49. The van der Waals surface area contributed by atoms with Crippen molar-refractivity contribution in [1.29, 1.82) is 0 Å². The lowest BCUT2D eigenvalue weighted by atomic mass is 10.1. The molecule has 118 valence electrons. The van der Waals surface area contributed by atoms with Crippen molar-refractivity contribution in [3.63, 3.8) is 0 Å². The molecular formula is C17H12BrF3N2. The number of benzene rings is 2. The summed E-state index contributed by atoms with van der Waals surface area (Å²) in [6.45, 7) is 1.98. The van der Waals surface area contributed by atoms with Gasteiger partial charge in [-0.1, -0.05) is 34.1 Å². The second-order valence-electron chi connectivity index (χ2n) is 5.16. The fourth-order valence-corrected chi connectivity index (χ4v) is 2.58. The van der Waals surface area contributed by atoms with Crippen LogP contribution in [0.25, 0.3) is 16.9 Å². The van der Waals surface area contributed by atoms with Gasteiger partial charge in [-0.2, -0.15) is 18.3 Å². The maximum absolute atomic E-state index is 12.8. The van der Waals surface area contributed by atoms with E-state index in [0.717, 1.165) is 27.7 Å². The monoisotopic (exact) mass is 380 g/mol. The van der Waals surface area contributed by atoms with Crippen molar-refractivity contribution in [3.8, 4) is 16.9 Å². The van der Waals surface area contributed by atoms with E-state index in [9.17, 15) is 13.2 Å². The molecule has 3 aromatic rings. The van der Waals surface area contributed by atoms with E-state index in [-0.39, 0.29) is 0 Å². The lowest BCUT2D eigenvalue weighted by molar-refractivity contribution is -0.137. The van der Waals surface area contributed by atoms with Crippen LogP contribution in [0.1, 0.15) is 11.1 Å². The first-order valence-electron chi connectivity index (χ1n) is 6.84. The summed E-state index contributed by atoms with van der Waals surface area (Å²) in [5.74, 6) is 0. The van der Waals surface area contributed by atoms with Gasteiger partial charge in [0.15, 0.2) is 0 Å². The molecule has 0 N–H and O–H groups in total. The molecule has 0 saturated carbocycles. The van der Waals surface area contributed by atoms with Gasteiger partial charge in [0.1, 0.15) is 0 Å². The number of aromatic nitrogens is 2. The maximum Gasteiger partial charge on any atom is 0.416 e. The number of hydrogen-bond acceptors (Lipinski definition) is 1. The minimum Gasteiger partial charge on any atom is -0.240 e. The second kappa shape index (κ2) is 5.85. The molecule has 1 aromatic heterocycles. The molecule has 6 heteroatoms. The van der Waals surface area contributed by atoms with Gasteiger partial charge in [-0.05, 0) is 42.8 Å². The molecule has 0 aliphatic heterocycles. The predicted octanol–water partition coefficient (Wildman–Crippen LogP) is 5.63. The predicted molar refractivity (Wildman–Crippen MR) is 86.4 cm³/mol. The van der Waals surface area contributed by atoms with Crippen LogP contribution in [-0.2, 0) is 6.18 Å². The van der Waals surface area contributed by atoms with Crippen LogP contribution in [0.3, 0.4) is 0 Å². The van der Waals surface area contributed by atoms with Crippen molar-refractivity contribution in [3.05, 3.63) is 70.3 Å². The second-order valence-corrected chi connectivity index (χ2v) is 6.01. The minimum absolute atomic E-state index is 0.372. The van der Waals surface area contributed by atoms with Gasteiger partial charge in [-0.3, -0.25) is 0 Å². The molecule has 0 amide bonds. The van der Waals surface area contributed by atoms with Crippen molar-refractivity contribution < 1.29 is 13.2 Å². The van der Waals surface area contributed by atoms with Gasteiger partial charge in [0.2, 0.25) is 0 Å². The fraction of sp³-hybridized carbons (Fsp3) is 0.118. The molecule has 23 heavy (non-hydrogen) atoms. The highest BCUT2D eigenvalue weighted by atomic mass is 79.9. The molecule has 0 radical (unpaired) electrons. The molecule has 3 rings (SSSR count). The number of rotatable bonds is 2. The van der Waals surface area contributed by atoms with Crippen molar-refractivity contribution in [2.24, 2.45) is 0 Å². The van der Waals surface area contributed by atoms with Crippen LogP contribution >= 0.6 is 15.9 Å². The largest absolute Gasteiger partial charge is 0.416 e. The Kier molecular flexibility index (Phi) is 4.02. The van der Waals surface area contributed by atoms with E-state index in [1.165, 1.54) is 10.7 Å². The Labute approximate surface area is 139 Å². The van der Waals surface area contributed by atoms with Gasteiger partial charge in [-0.25, -0.2) is 4.68 Å². The van der Waals surface area contributed by atoms with E-state index in [2.05, 4.69) is 21.0 Å². The molecule has 0 atom stereocenters. The first-order valence-corrected chi connectivity index (χ1v) is 7.64. The standard InChI is InChI=1S/C17H12BrF3N2/c1-11-5-6-12(9-15(11)18)16-7-8-23(22-16)14-4-2-3-13(10-14)17(19,20)21/h2-10H,1H3. The summed E-state index contributed by atoms with van der Waals surface area (Å²) < 4.78 is 40.8. The summed E-state index contributed by atoms with van der Waals surface area (Å²) in [7, 11) is 0. The van der Waals surface area contributed by atoms with E-state index in [4.69, 9.17) is 0 Å². The maximum atomic E-state index is 12.8. The quantitative estimate of drug-likeness (QED) is 0.563. The zero-order valence-electron chi connectivity index (χ0n) is 12.1. The Morgan fingerprint density at radius 2 is 1.83 bits per heavy atom. The van der Waals surface area contributed by atoms with Crippen LogP contribution in [0.2, 0.25) is 0 Å². The summed E-state index contributed by atoms with van der Waals surface area (Å²) in [5, 5.41) is 4.37. The van der Waals surface area contributed by atoms with Crippen LogP contribution in [0.4, 0.5) is 13.2 Å². The first kappa shape index (κ1) is 15.8. The Bertz CT molecular complexity index is 853. The summed E-state index contributed by atoms with van der Waals surface area (Å²) >= 11 is 3.47. The molecule has 0 aliphatic carbocycles. The van der Waals surface area contributed by atoms with Crippen LogP contribution < -0.4 is 0 Å². The van der Waals surface area contributed by atoms with Gasteiger partial charge < -0.3 is 0 Å². The minimum atomic E-state index is -4.37. The van der Waals surface area contributed by atoms with E-state index in [1.807, 2.05) is 25.1 Å². The lowest BCUT2D eigenvalue weighted by Gasteiger charge is -2.08. The van der Waals surface area contributed by atoms with Gasteiger partial charge in [0, 0.05) is 16.2 Å². The average molecular weight is 381 g/mol. The normalized spacial score (nSPS) is 11.7. The first-order chi connectivity index (χ1) is 10.8. The third kappa shape index (κ3) is 3.32. The van der Waals surface area contributed by atoms with Crippen molar-refractivity contribution in [2.75, 3.05) is 0 Å². The zero-order chi connectivity index (χ0) is 16.6. The van der Waals surface area contributed by atoms with E-state index < -0.39 is 11.7 Å². The summed E-state index contributed by atoms with van der Waals surface area (Å²) in [4.78, 5) is 0. The molecule has 0 spiro atoms. The van der Waals surface area contributed by atoms with Gasteiger partial charge in [0.05, 0.1) is 16.9 Å². The lowest BCUT2D eigenvalue weighted by Crippen LogP contribution is -2.06. The molecule has 0 fully saturated rings. The molecule has 0 saturated heterocycles. The Morgan fingerprint density at radius 3 is 2.52 bits per heavy atom. The Balaban J connectivity index is 1.97. The SMILES string of the molecule is Cc1ccc(-c2ccn(-c3cccc(C(F)(F)F)c3)n2)cc1Br. The summed E-state index contributed by atoms with van der Waals surface area (Å²) in [6, 6.07) is 12.7. The van der Waals surface area contributed by atoms with Crippen LogP contribution in [-0.4, -0.2) is 9.78 Å². The zero-order valence-corrected chi connectivity index (χ0v) is 13.7. The van der Waals surface area contributed by atoms with Gasteiger partial charge in [0.25, 0.3) is 0 Å². The Morgan fingerprint density at radius 1 is 1.04 bits per heavy atom. The van der Waals surface area contributed by atoms with Gasteiger partial charge >= 0.3 is 6.18 Å². The van der Waals surface area contributed by atoms with E-state index in [0.29, 0.717) is 11.4 Å². The average Bonchev–Trinajstić information content (AvgIpc) is 2.99. The summed E-state index contributed by atoms with van der Waals surface area (Å²) in [5.41, 5.74) is 2.38. The smallest absolute Gasteiger partial charge is 0.240 e. The third-order valence-corrected chi connectivity index (χ3v) is 4.35.